The molecule has 0 aliphatic rings. The first-order valence-electron chi connectivity index (χ1n) is 6.03. The Balaban J connectivity index is 3.04. The van der Waals surface area contributed by atoms with E-state index in [1.165, 1.54) is 12.1 Å². The Bertz CT molecular complexity index is 626. The summed E-state index contributed by atoms with van der Waals surface area (Å²) >= 11 is 0. The molecule has 0 bridgehead atoms. The number of nitrogens with one attached hydrogen (secondary N) is 1. The molecular weight excluding hydrogens is 314 g/mol. The Hall–Kier alpha value is -3.30. The first-order chi connectivity index (χ1) is 10.9. The largest absolute Gasteiger partial charge is 0.513 e. The van der Waals surface area contributed by atoms with Crippen LogP contribution in [0, 0.1) is 0 Å². The molecule has 124 valence electrons. The highest BCUT2D eigenvalue weighted by molar-refractivity contribution is 5.96. The average molecular weight is 327 g/mol. The van der Waals surface area contributed by atoms with Crippen LogP contribution in [-0.4, -0.2) is 50.1 Å². The predicted molar refractivity (Wildman–Crippen MR) is 72.5 cm³/mol. The molecule has 0 saturated carbocycles. The van der Waals surface area contributed by atoms with Crippen LogP contribution < -0.4 is 14.8 Å². The van der Waals surface area contributed by atoms with Crippen molar-refractivity contribution >= 4 is 24.2 Å². The molecule has 0 aliphatic heterocycles. The maximum Gasteiger partial charge on any atom is 0.513 e. The summed E-state index contributed by atoms with van der Waals surface area (Å²) in [6, 6.07) is 3.48. The van der Waals surface area contributed by atoms with Crippen molar-refractivity contribution in [2.45, 2.75) is 0 Å². The van der Waals surface area contributed by atoms with Gasteiger partial charge in [-0.25, -0.2) is 9.59 Å². The summed E-state index contributed by atoms with van der Waals surface area (Å²) in [6.45, 7) is -0.591. The summed E-state index contributed by atoms with van der Waals surface area (Å²) in [5.41, 5.74) is -0.0256. The summed E-state index contributed by atoms with van der Waals surface area (Å²) in [7, 11) is 2.14. The number of carbonyl (C=O) groups excluding carboxylic acids is 3. The second-order valence-electron chi connectivity index (χ2n) is 3.85. The van der Waals surface area contributed by atoms with E-state index in [0.717, 1.165) is 20.3 Å². The average Bonchev–Trinajstić information content (AvgIpc) is 2.53. The molecule has 1 aromatic rings. The van der Waals surface area contributed by atoms with E-state index in [1.54, 1.807) is 0 Å². The minimum atomic E-state index is -1.23. The number of hydrogen-bond donors (Lipinski definition) is 2. The molecule has 0 fully saturated rings. The lowest BCUT2D eigenvalue weighted by molar-refractivity contribution is -0.135. The Morgan fingerprint density at radius 3 is 2.09 bits per heavy atom. The number of hydrogen-bond acceptors (Lipinski definition) is 8. The van der Waals surface area contributed by atoms with Gasteiger partial charge in [0.2, 0.25) is 0 Å². The molecule has 2 N–H and O–H groups in total. The van der Waals surface area contributed by atoms with Crippen LogP contribution >= 0.6 is 0 Å². The van der Waals surface area contributed by atoms with Gasteiger partial charge < -0.3 is 29.4 Å². The summed E-state index contributed by atoms with van der Waals surface area (Å²) in [4.78, 5) is 44.5. The Morgan fingerprint density at radius 2 is 1.57 bits per heavy atom. The fourth-order valence-corrected chi connectivity index (χ4v) is 1.33. The number of carboxylic acids is 1. The molecule has 0 unspecified atom stereocenters. The third kappa shape index (κ3) is 5.53. The van der Waals surface area contributed by atoms with Crippen LogP contribution in [0.15, 0.2) is 18.2 Å². The van der Waals surface area contributed by atoms with Gasteiger partial charge in [0.05, 0.1) is 14.2 Å². The van der Waals surface area contributed by atoms with Gasteiger partial charge in [0.1, 0.15) is 6.54 Å². The maximum atomic E-state index is 11.8. The minimum absolute atomic E-state index is 0.0256. The van der Waals surface area contributed by atoms with Crippen molar-refractivity contribution in [1.82, 2.24) is 5.32 Å². The van der Waals surface area contributed by atoms with Gasteiger partial charge in [-0.15, -0.1) is 0 Å². The fraction of sp³-hybridized carbons (Fsp3) is 0.231. The third-order valence-corrected chi connectivity index (χ3v) is 2.33. The first kappa shape index (κ1) is 17.8. The van der Waals surface area contributed by atoms with Gasteiger partial charge in [-0.1, -0.05) is 0 Å². The van der Waals surface area contributed by atoms with Crippen molar-refractivity contribution in [1.29, 1.82) is 0 Å². The van der Waals surface area contributed by atoms with E-state index in [2.05, 4.69) is 14.8 Å². The molecule has 1 aromatic carbocycles. The van der Waals surface area contributed by atoms with E-state index in [0.29, 0.717) is 0 Å². The monoisotopic (exact) mass is 327 g/mol. The van der Waals surface area contributed by atoms with Crippen LogP contribution in [-0.2, 0) is 14.3 Å². The molecule has 1 amide bonds. The van der Waals surface area contributed by atoms with Crippen molar-refractivity contribution in [2.24, 2.45) is 0 Å². The fourth-order valence-electron chi connectivity index (χ4n) is 1.33. The molecule has 0 saturated heterocycles. The number of rotatable bonds is 5. The van der Waals surface area contributed by atoms with E-state index in [4.69, 9.17) is 14.6 Å². The summed E-state index contributed by atoms with van der Waals surface area (Å²) in [5, 5.41) is 10.6. The van der Waals surface area contributed by atoms with Gasteiger partial charge in [0.15, 0.2) is 11.5 Å². The van der Waals surface area contributed by atoms with E-state index in [-0.39, 0.29) is 17.1 Å². The molecule has 10 heteroatoms. The van der Waals surface area contributed by atoms with E-state index < -0.39 is 30.7 Å². The minimum Gasteiger partial charge on any atom is -0.480 e. The normalized spacial score (nSPS) is 9.48. The lowest BCUT2D eigenvalue weighted by atomic mass is 10.2. The van der Waals surface area contributed by atoms with Crippen molar-refractivity contribution in [2.75, 3.05) is 20.8 Å². The van der Waals surface area contributed by atoms with Crippen LogP contribution in [0.3, 0.4) is 0 Å². The standard InChI is InChI=1S/C13H13NO9/c1-20-12(18)22-8-4-3-7(11(17)14-6-10(15)16)5-9(8)23-13(19)21-2/h3-5H,6H2,1-2H3,(H,14,17)(H,15,16). The van der Waals surface area contributed by atoms with Crippen LogP contribution in [0.4, 0.5) is 9.59 Å². The summed E-state index contributed by atoms with van der Waals surface area (Å²) < 4.78 is 18.1. The number of carboxylic acid groups (broad SMARTS) is 1. The van der Waals surface area contributed by atoms with Gasteiger partial charge in [-0.2, -0.15) is 0 Å². The highest BCUT2D eigenvalue weighted by Crippen LogP contribution is 2.29. The number of aliphatic carboxylic acids is 1. The van der Waals surface area contributed by atoms with Crippen molar-refractivity contribution in [3.8, 4) is 11.5 Å². The zero-order valence-corrected chi connectivity index (χ0v) is 12.2. The highest BCUT2D eigenvalue weighted by Gasteiger charge is 2.17. The van der Waals surface area contributed by atoms with Gasteiger partial charge in [-0.3, -0.25) is 9.59 Å². The SMILES string of the molecule is COC(=O)Oc1ccc(C(=O)NCC(=O)O)cc1OC(=O)OC. The van der Waals surface area contributed by atoms with Crippen molar-refractivity contribution < 1.29 is 43.2 Å². The number of amides is 1. The van der Waals surface area contributed by atoms with Gasteiger partial charge in [0, 0.05) is 5.56 Å². The van der Waals surface area contributed by atoms with Gasteiger partial charge >= 0.3 is 18.3 Å². The maximum absolute atomic E-state index is 11.8. The molecule has 0 aromatic heterocycles. The molecule has 23 heavy (non-hydrogen) atoms. The Labute approximate surface area is 129 Å². The van der Waals surface area contributed by atoms with Crippen LogP contribution in [0.5, 0.6) is 11.5 Å². The quantitative estimate of drug-likeness (QED) is 0.593. The molecular formula is C13H13NO9. The summed E-state index contributed by atoms with van der Waals surface area (Å²) in [5.74, 6) is -2.44. The van der Waals surface area contributed by atoms with Crippen LogP contribution in [0.2, 0.25) is 0 Å². The van der Waals surface area contributed by atoms with Crippen molar-refractivity contribution in [3.63, 3.8) is 0 Å². The molecule has 0 atom stereocenters. The second kappa shape index (κ2) is 8.22. The molecule has 0 spiro atoms. The topological polar surface area (TPSA) is 137 Å². The molecule has 0 radical (unpaired) electrons. The van der Waals surface area contributed by atoms with E-state index in [9.17, 15) is 19.2 Å². The number of ether oxygens (including phenoxy) is 4. The van der Waals surface area contributed by atoms with Crippen LogP contribution in [0.25, 0.3) is 0 Å². The molecule has 0 heterocycles. The predicted octanol–water partition coefficient (Wildman–Crippen LogP) is 0.791. The van der Waals surface area contributed by atoms with Crippen LogP contribution in [0.1, 0.15) is 10.4 Å². The Kier molecular flexibility index (Phi) is 6.34. The van der Waals surface area contributed by atoms with Crippen molar-refractivity contribution in [3.05, 3.63) is 23.8 Å². The lowest BCUT2D eigenvalue weighted by Gasteiger charge is -2.10. The second-order valence-corrected chi connectivity index (χ2v) is 3.85. The van der Waals surface area contributed by atoms with E-state index in [1.807, 2.05) is 0 Å². The third-order valence-electron chi connectivity index (χ3n) is 2.33. The highest BCUT2D eigenvalue weighted by atomic mass is 16.7. The molecule has 10 nitrogen and oxygen atoms in total. The first-order valence-corrected chi connectivity index (χ1v) is 6.03. The Morgan fingerprint density at radius 1 is 1.00 bits per heavy atom. The van der Waals surface area contributed by atoms with Gasteiger partial charge in [-0.05, 0) is 18.2 Å². The van der Waals surface area contributed by atoms with E-state index >= 15 is 0 Å². The van der Waals surface area contributed by atoms with Gasteiger partial charge in [0.25, 0.3) is 5.91 Å². The number of carbonyl (C=O) groups is 4. The zero-order valence-electron chi connectivity index (χ0n) is 12.2. The summed E-state index contributed by atoms with van der Waals surface area (Å²) in [6.07, 6.45) is -2.18. The number of methoxy groups -OCH3 is 2. The lowest BCUT2D eigenvalue weighted by Crippen LogP contribution is -2.29. The molecule has 1 rings (SSSR count). The number of benzene rings is 1. The zero-order chi connectivity index (χ0) is 17.4. The smallest absolute Gasteiger partial charge is 0.480 e. The molecule has 0 aliphatic carbocycles.